The summed E-state index contributed by atoms with van der Waals surface area (Å²) in [6, 6.07) is 13.6. The summed E-state index contributed by atoms with van der Waals surface area (Å²) in [5.41, 5.74) is 2.08. The van der Waals surface area contributed by atoms with E-state index in [0.717, 1.165) is 5.39 Å². The highest BCUT2D eigenvalue weighted by Crippen LogP contribution is 2.27. The first-order chi connectivity index (χ1) is 14.3. The molecule has 0 unspecified atom stereocenters. The lowest BCUT2D eigenvalue weighted by atomic mass is 10.1. The van der Waals surface area contributed by atoms with Crippen LogP contribution in [-0.2, 0) is 20.9 Å². The van der Waals surface area contributed by atoms with Crippen molar-refractivity contribution in [1.82, 2.24) is 0 Å². The second-order valence-corrected chi connectivity index (χ2v) is 7.02. The minimum atomic E-state index is -0.725. The molecule has 3 rings (SSSR count). The van der Waals surface area contributed by atoms with Crippen LogP contribution in [0.1, 0.15) is 47.2 Å². The summed E-state index contributed by atoms with van der Waals surface area (Å²) in [4.78, 5) is 36.1. The number of nitrogens with one attached hydrogen (secondary N) is 1. The van der Waals surface area contributed by atoms with Crippen molar-refractivity contribution in [3.8, 4) is 0 Å². The number of rotatable bonds is 8. The Bertz CT molecular complexity index is 1060. The fraction of sp³-hybridized carbons (Fsp3) is 0.261. The third-order valence-corrected chi connectivity index (χ3v) is 4.31. The summed E-state index contributed by atoms with van der Waals surface area (Å²) >= 11 is 0. The number of Topliss-reactive ketones (excluding diaryl/α,β-unsaturated/α-hetero) is 1. The summed E-state index contributed by atoms with van der Waals surface area (Å²) < 4.78 is 16.5. The molecule has 1 heterocycles. The average Bonchev–Trinajstić information content (AvgIpc) is 3.09. The number of hydrogen-bond acceptors (Lipinski definition) is 6. The zero-order chi connectivity index (χ0) is 21.7. The molecule has 1 N–H and O–H groups in total. The van der Waals surface area contributed by atoms with E-state index in [1.165, 1.54) is 6.92 Å². The van der Waals surface area contributed by atoms with Crippen molar-refractivity contribution < 1.29 is 28.3 Å². The maximum atomic E-state index is 12.6. The normalized spacial score (nSPS) is 10.9. The highest BCUT2D eigenvalue weighted by molar-refractivity contribution is 6.01. The minimum Gasteiger partial charge on any atom is -0.451 e. The highest BCUT2D eigenvalue weighted by Gasteiger charge is 2.23. The molecular formula is C23H23NO6. The number of amides is 1. The predicted molar refractivity (Wildman–Crippen MR) is 111 cm³/mol. The van der Waals surface area contributed by atoms with Crippen molar-refractivity contribution in [3.63, 3.8) is 0 Å². The molecule has 0 spiro atoms. The third kappa shape index (κ3) is 5.12. The van der Waals surface area contributed by atoms with Gasteiger partial charge in [-0.1, -0.05) is 18.2 Å². The Labute approximate surface area is 174 Å². The second-order valence-electron chi connectivity index (χ2n) is 7.02. The Morgan fingerprint density at radius 2 is 1.73 bits per heavy atom. The predicted octanol–water partition coefficient (Wildman–Crippen LogP) is 4.36. The molecule has 1 aromatic heterocycles. The van der Waals surface area contributed by atoms with Crippen LogP contribution < -0.4 is 5.32 Å². The van der Waals surface area contributed by atoms with E-state index < -0.39 is 12.6 Å². The van der Waals surface area contributed by atoms with Crippen LogP contribution in [0.4, 0.5) is 5.69 Å². The van der Waals surface area contributed by atoms with Crippen LogP contribution in [0.25, 0.3) is 11.0 Å². The van der Waals surface area contributed by atoms with E-state index in [1.807, 2.05) is 32.0 Å². The zero-order valence-electron chi connectivity index (χ0n) is 17.1. The van der Waals surface area contributed by atoms with E-state index in [4.69, 9.17) is 13.9 Å². The Hall–Kier alpha value is -3.45. The van der Waals surface area contributed by atoms with Crippen molar-refractivity contribution in [3.05, 3.63) is 65.4 Å². The molecule has 2 aromatic carbocycles. The lowest BCUT2D eigenvalue weighted by Gasteiger charge is -2.08. The van der Waals surface area contributed by atoms with Gasteiger partial charge in [0.05, 0.1) is 12.7 Å². The lowest BCUT2D eigenvalue weighted by molar-refractivity contribution is -0.114. The topological polar surface area (TPSA) is 94.8 Å². The summed E-state index contributed by atoms with van der Waals surface area (Å²) in [5, 5.41) is 3.39. The second kappa shape index (κ2) is 9.37. The molecule has 7 nitrogen and oxygen atoms in total. The third-order valence-electron chi connectivity index (χ3n) is 4.31. The zero-order valence-corrected chi connectivity index (χ0v) is 17.1. The smallest absolute Gasteiger partial charge is 0.375 e. The van der Waals surface area contributed by atoms with E-state index in [2.05, 4.69) is 5.32 Å². The molecule has 1 amide bonds. The molecule has 0 aliphatic carbocycles. The van der Waals surface area contributed by atoms with Crippen molar-refractivity contribution in [2.45, 2.75) is 33.5 Å². The first-order valence-corrected chi connectivity index (χ1v) is 9.55. The molecule has 0 saturated carbocycles. The molecule has 0 saturated heterocycles. The lowest BCUT2D eigenvalue weighted by Crippen LogP contribution is -2.15. The van der Waals surface area contributed by atoms with Crippen molar-refractivity contribution in [2.75, 3.05) is 11.9 Å². The van der Waals surface area contributed by atoms with Gasteiger partial charge in [-0.3, -0.25) is 9.59 Å². The van der Waals surface area contributed by atoms with Crippen molar-refractivity contribution >= 4 is 34.3 Å². The van der Waals surface area contributed by atoms with E-state index in [0.29, 0.717) is 22.4 Å². The van der Waals surface area contributed by atoms with Gasteiger partial charge < -0.3 is 19.2 Å². The van der Waals surface area contributed by atoms with Gasteiger partial charge in [0.2, 0.25) is 11.7 Å². The average molecular weight is 409 g/mol. The number of ketones is 1. The molecule has 0 fully saturated rings. The molecule has 7 heteroatoms. The number of fused-ring (bicyclic) bond motifs is 1. The van der Waals surface area contributed by atoms with Crippen molar-refractivity contribution in [2.24, 2.45) is 0 Å². The number of hydrogen-bond donors (Lipinski definition) is 1. The molecule has 0 atom stereocenters. The largest absolute Gasteiger partial charge is 0.451 e. The van der Waals surface area contributed by atoms with Gasteiger partial charge in [-0.15, -0.1) is 0 Å². The van der Waals surface area contributed by atoms with Crippen LogP contribution in [-0.4, -0.2) is 30.4 Å². The molecule has 30 heavy (non-hydrogen) atoms. The maximum Gasteiger partial charge on any atom is 0.375 e. The van der Waals surface area contributed by atoms with Crippen LogP contribution >= 0.6 is 0 Å². The highest BCUT2D eigenvalue weighted by atomic mass is 16.5. The Morgan fingerprint density at radius 1 is 1.03 bits per heavy atom. The number of furan rings is 1. The number of anilines is 1. The van der Waals surface area contributed by atoms with Crippen LogP contribution in [0.5, 0.6) is 0 Å². The first kappa shape index (κ1) is 21.3. The molecule has 0 bridgehead atoms. The van der Waals surface area contributed by atoms with Gasteiger partial charge in [-0.2, -0.15) is 0 Å². The molecular weight excluding hydrogens is 386 g/mol. The quantitative estimate of drug-likeness (QED) is 0.439. The van der Waals surface area contributed by atoms with Gasteiger partial charge in [-0.05, 0) is 44.2 Å². The SMILES string of the molecule is CC(=O)Nc1ccc(C(=O)COC(=O)c2oc3ccccc3c2COC(C)C)cc1. The van der Waals surface area contributed by atoms with Gasteiger partial charge >= 0.3 is 5.97 Å². The van der Waals surface area contributed by atoms with Gasteiger partial charge in [0.15, 0.2) is 12.4 Å². The molecule has 0 aliphatic heterocycles. The standard InChI is InChI=1S/C23H23NO6/c1-14(2)28-12-19-18-6-4-5-7-21(18)30-22(19)23(27)29-13-20(26)16-8-10-17(11-9-16)24-15(3)25/h4-11,14H,12-13H2,1-3H3,(H,24,25). The van der Waals surface area contributed by atoms with Gasteiger partial charge in [-0.25, -0.2) is 4.79 Å². The van der Waals surface area contributed by atoms with Crippen LogP contribution in [0, 0.1) is 0 Å². The van der Waals surface area contributed by atoms with E-state index in [-0.39, 0.29) is 30.2 Å². The summed E-state index contributed by atoms with van der Waals surface area (Å²) in [5.74, 6) is -1.26. The van der Waals surface area contributed by atoms with Gasteiger partial charge in [0, 0.05) is 29.1 Å². The Kier molecular flexibility index (Phi) is 6.64. The molecule has 156 valence electrons. The maximum absolute atomic E-state index is 12.6. The number of benzene rings is 2. The van der Waals surface area contributed by atoms with E-state index >= 15 is 0 Å². The molecule has 3 aromatic rings. The fourth-order valence-electron chi connectivity index (χ4n) is 2.88. The van der Waals surface area contributed by atoms with Crippen molar-refractivity contribution in [1.29, 1.82) is 0 Å². The minimum absolute atomic E-state index is 0.0235. The summed E-state index contributed by atoms with van der Waals surface area (Å²) in [6.45, 7) is 4.96. The molecule has 0 aliphatic rings. The van der Waals surface area contributed by atoms with Gasteiger partial charge in [0.25, 0.3) is 0 Å². The van der Waals surface area contributed by atoms with E-state index in [1.54, 1.807) is 30.3 Å². The number of carbonyl (C=O) groups excluding carboxylic acids is 3. The Balaban J connectivity index is 1.71. The van der Waals surface area contributed by atoms with Crippen LogP contribution in [0.3, 0.4) is 0 Å². The van der Waals surface area contributed by atoms with E-state index in [9.17, 15) is 14.4 Å². The van der Waals surface area contributed by atoms with Crippen LogP contribution in [0.15, 0.2) is 52.9 Å². The fourth-order valence-corrected chi connectivity index (χ4v) is 2.88. The first-order valence-electron chi connectivity index (χ1n) is 9.55. The number of esters is 1. The number of carbonyl (C=O) groups is 3. The summed E-state index contributed by atoms with van der Waals surface area (Å²) in [6.07, 6.45) is -0.0235. The number of ether oxygens (including phenoxy) is 2. The van der Waals surface area contributed by atoms with Gasteiger partial charge in [0.1, 0.15) is 5.58 Å². The monoisotopic (exact) mass is 409 g/mol. The summed E-state index contributed by atoms with van der Waals surface area (Å²) in [7, 11) is 0. The Morgan fingerprint density at radius 3 is 2.40 bits per heavy atom. The molecule has 0 radical (unpaired) electrons. The number of para-hydroxylation sites is 1. The van der Waals surface area contributed by atoms with Crippen LogP contribution in [0.2, 0.25) is 0 Å².